The molecule has 3 aromatic carbocycles. The standard InChI is InChI=1S/C20H18S.BrH/c1-14-6-10-16(11-7-14)18-4-3-5-19(21)20(18)17-12-8-15(2)9-13-17;/h3-13,21H,1-2H3;1H. The minimum atomic E-state index is 0. The average molecular weight is 371 g/mol. The van der Waals surface area contributed by atoms with Gasteiger partial charge in [0, 0.05) is 10.5 Å². The van der Waals surface area contributed by atoms with Crippen molar-refractivity contribution in [2.75, 3.05) is 0 Å². The van der Waals surface area contributed by atoms with Gasteiger partial charge in [-0.25, -0.2) is 0 Å². The van der Waals surface area contributed by atoms with Crippen molar-refractivity contribution < 1.29 is 0 Å². The first kappa shape index (κ1) is 16.9. The molecule has 112 valence electrons. The summed E-state index contributed by atoms with van der Waals surface area (Å²) in [7, 11) is 0. The Hall–Kier alpha value is -1.51. The Kier molecular flexibility index (Phi) is 5.49. The zero-order chi connectivity index (χ0) is 14.8. The van der Waals surface area contributed by atoms with Gasteiger partial charge in [0.05, 0.1) is 0 Å². The lowest BCUT2D eigenvalue weighted by atomic mass is 9.93. The van der Waals surface area contributed by atoms with E-state index in [2.05, 4.69) is 93.2 Å². The molecule has 3 rings (SSSR count). The van der Waals surface area contributed by atoms with E-state index < -0.39 is 0 Å². The quantitative estimate of drug-likeness (QED) is 0.488. The number of rotatable bonds is 2. The van der Waals surface area contributed by atoms with Gasteiger partial charge >= 0.3 is 0 Å². The van der Waals surface area contributed by atoms with Crippen molar-refractivity contribution in [3.8, 4) is 22.3 Å². The highest BCUT2D eigenvalue weighted by molar-refractivity contribution is 8.93. The average Bonchev–Trinajstić information content (AvgIpc) is 2.49. The fourth-order valence-electron chi connectivity index (χ4n) is 2.54. The van der Waals surface area contributed by atoms with Gasteiger partial charge in [-0.05, 0) is 36.6 Å². The van der Waals surface area contributed by atoms with E-state index in [4.69, 9.17) is 0 Å². The summed E-state index contributed by atoms with van der Waals surface area (Å²) in [4.78, 5) is 1.01. The minimum absolute atomic E-state index is 0. The van der Waals surface area contributed by atoms with Gasteiger partial charge in [-0.1, -0.05) is 71.8 Å². The second-order valence-corrected chi connectivity index (χ2v) is 5.91. The molecule has 0 N–H and O–H groups in total. The van der Waals surface area contributed by atoms with Gasteiger partial charge in [-0.2, -0.15) is 0 Å². The van der Waals surface area contributed by atoms with Crippen LogP contribution in [0.2, 0.25) is 0 Å². The monoisotopic (exact) mass is 370 g/mol. The highest BCUT2D eigenvalue weighted by atomic mass is 79.9. The van der Waals surface area contributed by atoms with E-state index in [1.165, 1.54) is 33.4 Å². The third-order valence-corrected chi connectivity index (χ3v) is 4.12. The Morgan fingerprint density at radius 2 is 1.14 bits per heavy atom. The second kappa shape index (κ2) is 7.17. The molecule has 0 aliphatic carbocycles. The first-order valence-corrected chi connectivity index (χ1v) is 7.56. The van der Waals surface area contributed by atoms with Gasteiger partial charge in [0.25, 0.3) is 0 Å². The van der Waals surface area contributed by atoms with Crippen molar-refractivity contribution in [2.45, 2.75) is 18.7 Å². The lowest BCUT2D eigenvalue weighted by Gasteiger charge is -2.13. The van der Waals surface area contributed by atoms with Crippen LogP contribution in [0.25, 0.3) is 22.3 Å². The number of benzene rings is 3. The number of hydrogen-bond donors (Lipinski definition) is 1. The van der Waals surface area contributed by atoms with Gasteiger partial charge < -0.3 is 0 Å². The number of halogens is 1. The van der Waals surface area contributed by atoms with Crippen molar-refractivity contribution in [1.82, 2.24) is 0 Å². The number of hydrogen-bond acceptors (Lipinski definition) is 1. The molecule has 0 amide bonds. The molecule has 0 nitrogen and oxygen atoms in total. The van der Waals surface area contributed by atoms with E-state index in [0.717, 1.165) is 4.90 Å². The minimum Gasteiger partial charge on any atom is -0.143 e. The maximum atomic E-state index is 4.68. The van der Waals surface area contributed by atoms with Gasteiger partial charge in [0.2, 0.25) is 0 Å². The summed E-state index contributed by atoms with van der Waals surface area (Å²) in [6.45, 7) is 4.22. The smallest absolute Gasteiger partial charge is 0.0125 e. The Morgan fingerprint density at radius 1 is 0.636 bits per heavy atom. The van der Waals surface area contributed by atoms with Gasteiger partial charge in [0.15, 0.2) is 0 Å². The first-order chi connectivity index (χ1) is 10.1. The summed E-state index contributed by atoms with van der Waals surface area (Å²) >= 11 is 4.68. The molecule has 0 spiro atoms. The van der Waals surface area contributed by atoms with Gasteiger partial charge in [-0.3, -0.25) is 0 Å². The molecule has 0 aliphatic heterocycles. The fraction of sp³-hybridized carbons (Fsp3) is 0.100. The largest absolute Gasteiger partial charge is 0.143 e. The van der Waals surface area contributed by atoms with E-state index in [9.17, 15) is 0 Å². The molecule has 0 saturated carbocycles. The zero-order valence-electron chi connectivity index (χ0n) is 12.7. The number of thiol groups is 1. The normalized spacial score (nSPS) is 10.1. The van der Waals surface area contributed by atoms with Crippen molar-refractivity contribution in [1.29, 1.82) is 0 Å². The molecule has 0 bridgehead atoms. The van der Waals surface area contributed by atoms with Crippen molar-refractivity contribution in [3.63, 3.8) is 0 Å². The molecular weight excluding hydrogens is 352 g/mol. The summed E-state index contributed by atoms with van der Waals surface area (Å²) < 4.78 is 0. The molecule has 0 heterocycles. The second-order valence-electron chi connectivity index (χ2n) is 5.43. The Balaban J connectivity index is 0.00000176. The van der Waals surface area contributed by atoms with Crippen LogP contribution in [0, 0.1) is 13.8 Å². The zero-order valence-corrected chi connectivity index (χ0v) is 15.3. The Labute approximate surface area is 148 Å². The molecule has 0 aliphatic rings. The van der Waals surface area contributed by atoms with E-state index >= 15 is 0 Å². The van der Waals surface area contributed by atoms with E-state index in [1.807, 2.05) is 0 Å². The summed E-state index contributed by atoms with van der Waals surface area (Å²) in [5.41, 5.74) is 7.41. The van der Waals surface area contributed by atoms with Gasteiger partial charge in [-0.15, -0.1) is 29.6 Å². The maximum absolute atomic E-state index is 4.68. The molecule has 0 radical (unpaired) electrons. The molecule has 0 aromatic heterocycles. The Morgan fingerprint density at radius 3 is 1.68 bits per heavy atom. The van der Waals surface area contributed by atoms with E-state index in [1.54, 1.807) is 0 Å². The predicted molar refractivity (Wildman–Crippen MR) is 104 cm³/mol. The lowest BCUT2D eigenvalue weighted by molar-refractivity contribution is 1.41. The van der Waals surface area contributed by atoms with Crippen molar-refractivity contribution >= 4 is 29.6 Å². The molecule has 22 heavy (non-hydrogen) atoms. The van der Waals surface area contributed by atoms with Gasteiger partial charge in [0.1, 0.15) is 0 Å². The van der Waals surface area contributed by atoms with Crippen LogP contribution < -0.4 is 0 Å². The predicted octanol–water partition coefficient (Wildman–Crippen LogP) is 6.50. The molecule has 0 fully saturated rings. The van der Waals surface area contributed by atoms with Crippen LogP contribution >= 0.6 is 29.6 Å². The van der Waals surface area contributed by atoms with Crippen LogP contribution in [0.5, 0.6) is 0 Å². The van der Waals surface area contributed by atoms with E-state index in [-0.39, 0.29) is 17.0 Å². The lowest BCUT2D eigenvalue weighted by Crippen LogP contribution is -1.88. The van der Waals surface area contributed by atoms with E-state index in [0.29, 0.717) is 0 Å². The molecule has 0 atom stereocenters. The molecule has 3 aromatic rings. The summed E-state index contributed by atoms with van der Waals surface area (Å²) in [6.07, 6.45) is 0. The fourth-order valence-corrected chi connectivity index (χ4v) is 2.87. The Bertz CT molecular complexity index is 759. The van der Waals surface area contributed by atoms with Crippen LogP contribution in [-0.4, -0.2) is 0 Å². The highest BCUT2D eigenvalue weighted by Gasteiger charge is 2.10. The van der Waals surface area contributed by atoms with Crippen molar-refractivity contribution in [3.05, 3.63) is 77.9 Å². The van der Waals surface area contributed by atoms with Crippen LogP contribution in [-0.2, 0) is 0 Å². The third kappa shape index (κ3) is 3.45. The topological polar surface area (TPSA) is 0 Å². The summed E-state index contributed by atoms with van der Waals surface area (Å²) in [6, 6.07) is 23.6. The third-order valence-electron chi connectivity index (χ3n) is 3.75. The first-order valence-electron chi connectivity index (χ1n) is 7.11. The highest BCUT2D eigenvalue weighted by Crippen LogP contribution is 2.36. The SMILES string of the molecule is Br.Cc1ccc(-c2cccc(S)c2-c2ccc(C)cc2)cc1. The summed E-state index contributed by atoms with van der Waals surface area (Å²) in [5.74, 6) is 0. The van der Waals surface area contributed by atoms with Crippen LogP contribution in [0.3, 0.4) is 0 Å². The van der Waals surface area contributed by atoms with Crippen LogP contribution in [0.4, 0.5) is 0 Å². The number of aryl methyl sites for hydroxylation is 2. The molecule has 0 saturated heterocycles. The van der Waals surface area contributed by atoms with Crippen molar-refractivity contribution in [2.24, 2.45) is 0 Å². The maximum Gasteiger partial charge on any atom is 0.0125 e. The van der Waals surface area contributed by atoms with Crippen LogP contribution in [0.15, 0.2) is 71.6 Å². The molecule has 0 unspecified atom stereocenters. The molecular formula is C20H19BrS. The molecule has 2 heteroatoms. The van der Waals surface area contributed by atoms with Crippen LogP contribution in [0.1, 0.15) is 11.1 Å². The summed E-state index contributed by atoms with van der Waals surface area (Å²) in [5, 5.41) is 0.